The third-order valence-electron chi connectivity index (χ3n) is 7.04. The van der Waals surface area contributed by atoms with E-state index in [2.05, 4.69) is 25.6 Å². The summed E-state index contributed by atoms with van der Waals surface area (Å²) in [6.45, 7) is 6.06. The third kappa shape index (κ3) is 5.25. The first-order valence-corrected chi connectivity index (χ1v) is 13.4. The number of urea groups is 1. The van der Waals surface area contributed by atoms with E-state index in [1.165, 1.54) is 29.0 Å². The Balaban J connectivity index is 1.33. The van der Waals surface area contributed by atoms with Gasteiger partial charge in [-0.15, -0.1) is 0 Å². The second kappa shape index (κ2) is 10.3. The van der Waals surface area contributed by atoms with Crippen molar-refractivity contribution < 1.29 is 9.18 Å². The number of benzene rings is 2. The zero-order chi connectivity index (χ0) is 30.5. The van der Waals surface area contributed by atoms with Crippen LogP contribution in [0.5, 0.6) is 0 Å². The Hall–Kier alpha value is -5.65. The van der Waals surface area contributed by atoms with E-state index in [-0.39, 0.29) is 28.2 Å². The Bertz CT molecular complexity index is 2110. The molecule has 0 saturated heterocycles. The molecule has 0 spiro atoms. The van der Waals surface area contributed by atoms with Crippen LogP contribution in [-0.2, 0) is 12.5 Å². The van der Waals surface area contributed by atoms with Crippen LogP contribution < -0.4 is 21.9 Å². The van der Waals surface area contributed by atoms with Gasteiger partial charge < -0.3 is 11.1 Å². The summed E-state index contributed by atoms with van der Waals surface area (Å²) in [7, 11) is 1.57. The molecule has 4 aromatic heterocycles. The maximum absolute atomic E-state index is 14.9. The maximum Gasteiger partial charge on any atom is 0.324 e. The summed E-state index contributed by atoms with van der Waals surface area (Å²) in [5, 5.41) is 11.6. The number of pyridine rings is 2. The van der Waals surface area contributed by atoms with E-state index < -0.39 is 11.8 Å². The standard InChI is InChI=1S/C31H28FN9O2/c1-31(2,3)25-15-26(41(39-25)20-8-10-23-18(12-20)6-5-11-34-23)37-30(43)36-24-14-17(7-9-22(24)32)21-13-19-16-35-29(33)38-27(19)40(4)28(21)42/h5-16H,1-4H3,(H2,33,35,38)(H2,36,37,43). The smallest absolute Gasteiger partial charge is 0.324 e. The average molecular weight is 578 g/mol. The van der Waals surface area contributed by atoms with E-state index in [0.717, 1.165) is 22.3 Å². The van der Waals surface area contributed by atoms with Crippen molar-refractivity contribution in [2.45, 2.75) is 26.2 Å². The fraction of sp³-hybridized carbons (Fsp3) is 0.161. The molecule has 2 amide bonds. The fourth-order valence-electron chi connectivity index (χ4n) is 4.75. The summed E-state index contributed by atoms with van der Waals surface area (Å²) < 4.78 is 17.9. The molecule has 0 atom stereocenters. The Kier molecular flexibility index (Phi) is 6.60. The van der Waals surface area contributed by atoms with Crippen molar-refractivity contribution in [2.75, 3.05) is 16.4 Å². The molecule has 0 bridgehead atoms. The quantitative estimate of drug-likeness (QED) is 0.255. The zero-order valence-electron chi connectivity index (χ0n) is 23.9. The molecular formula is C31H28FN9O2. The molecule has 0 saturated carbocycles. The summed E-state index contributed by atoms with van der Waals surface area (Å²) in [4.78, 5) is 38.9. The van der Waals surface area contributed by atoms with E-state index in [1.807, 2.05) is 51.1 Å². The van der Waals surface area contributed by atoms with E-state index >= 15 is 0 Å². The summed E-state index contributed by atoms with van der Waals surface area (Å²) in [5.74, 6) is -0.230. The number of nitrogens with one attached hydrogen (secondary N) is 2. The first-order chi connectivity index (χ1) is 20.5. The van der Waals surface area contributed by atoms with Gasteiger partial charge in [0.2, 0.25) is 5.95 Å². The van der Waals surface area contributed by atoms with Crippen LogP contribution in [0.1, 0.15) is 26.5 Å². The van der Waals surface area contributed by atoms with Gasteiger partial charge >= 0.3 is 6.03 Å². The van der Waals surface area contributed by atoms with Crippen LogP contribution in [0, 0.1) is 5.82 Å². The number of amides is 2. The average Bonchev–Trinajstić information content (AvgIpc) is 3.40. The minimum atomic E-state index is -0.685. The van der Waals surface area contributed by atoms with Crippen molar-refractivity contribution in [2.24, 2.45) is 7.05 Å². The van der Waals surface area contributed by atoms with Crippen LogP contribution in [-0.4, -0.2) is 35.3 Å². The lowest BCUT2D eigenvalue weighted by Crippen LogP contribution is -2.22. The molecule has 4 heterocycles. The zero-order valence-corrected chi connectivity index (χ0v) is 23.9. The number of nitrogen functional groups attached to an aromatic ring is 1. The van der Waals surface area contributed by atoms with Gasteiger partial charge in [0, 0.05) is 47.3 Å². The topological polar surface area (TPSA) is 146 Å². The number of aryl methyl sites for hydroxylation is 1. The van der Waals surface area contributed by atoms with Gasteiger partial charge in [0.1, 0.15) is 17.3 Å². The lowest BCUT2D eigenvalue weighted by molar-refractivity contribution is 0.262. The van der Waals surface area contributed by atoms with Gasteiger partial charge in [-0.25, -0.2) is 18.9 Å². The molecule has 12 heteroatoms. The molecule has 6 rings (SSSR count). The van der Waals surface area contributed by atoms with Crippen LogP contribution in [0.25, 0.3) is 38.8 Å². The first kappa shape index (κ1) is 27.5. The van der Waals surface area contributed by atoms with Crippen molar-refractivity contribution in [3.63, 3.8) is 0 Å². The Morgan fingerprint density at radius 2 is 1.79 bits per heavy atom. The first-order valence-electron chi connectivity index (χ1n) is 13.4. The van der Waals surface area contributed by atoms with Crippen LogP contribution in [0.3, 0.4) is 0 Å². The third-order valence-corrected chi connectivity index (χ3v) is 7.04. The van der Waals surface area contributed by atoms with E-state index in [0.29, 0.717) is 22.4 Å². The minimum Gasteiger partial charge on any atom is -0.368 e. The van der Waals surface area contributed by atoms with Gasteiger partial charge in [0.05, 0.1) is 22.6 Å². The van der Waals surface area contributed by atoms with Gasteiger partial charge in [0.15, 0.2) is 0 Å². The molecule has 0 aliphatic carbocycles. The van der Waals surface area contributed by atoms with Crippen LogP contribution >= 0.6 is 0 Å². The number of fused-ring (bicyclic) bond motifs is 2. The van der Waals surface area contributed by atoms with Crippen molar-refractivity contribution in [3.05, 3.63) is 94.9 Å². The van der Waals surface area contributed by atoms with Crippen LogP contribution in [0.2, 0.25) is 0 Å². The van der Waals surface area contributed by atoms with Gasteiger partial charge in [-0.1, -0.05) is 32.9 Å². The lowest BCUT2D eigenvalue weighted by atomic mass is 9.92. The van der Waals surface area contributed by atoms with E-state index in [1.54, 1.807) is 30.1 Å². The normalized spacial score (nSPS) is 11.7. The molecular weight excluding hydrogens is 549 g/mol. The summed E-state index contributed by atoms with van der Waals surface area (Å²) in [6, 6.07) is 16.3. The molecule has 0 radical (unpaired) electrons. The minimum absolute atomic E-state index is 0.0446. The largest absolute Gasteiger partial charge is 0.368 e. The van der Waals surface area contributed by atoms with Crippen molar-refractivity contribution in [3.8, 4) is 16.8 Å². The molecule has 6 aromatic rings. The molecule has 216 valence electrons. The van der Waals surface area contributed by atoms with E-state index in [4.69, 9.17) is 10.8 Å². The molecule has 0 fully saturated rings. The summed E-state index contributed by atoms with van der Waals surface area (Å²) in [5.41, 5.74) is 8.26. The number of hydrogen-bond acceptors (Lipinski definition) is 7. The molecule has 4 N–H and O–H groups in total. The van der Waals surface area contributed by atoms with Gasteiger partial charge in [0.25, 0.3) is 5.56 Å². The predicted molar refractivity (Wildman–Crippen MR) is 165 cm³/mol. The Labute approximate surface area is 245 Å². The SMILES string of the molecule is Cn1c(=O)c(-c2ccc(F)c(NC(=O)Nc3cc(C(C)(C)C)nn3-c3ccc4ncccc4c3)c2)cc2cnc(N)nc21. The van der Waals surface area contributed by atoms with Crippen molar-refractivity contribution in [1.29, 1.82) is 0 Å². The molecule has 0 aliphatic rings. The molecule has 11 nitrogen and oxygen atoms in total. The monoisotopic (exact) mass is 577 g/mol. The van der Waals surface area contributed by atoms with Crippen LogP contribution in [0.15, 0.2) is 77.9 Å². The molecule has 2 aromatic carbocycles. The highest BCUT2D eigenvalue weighted by Gasteiger charge is 2.22. The van der Waals surface area contributed by atoms with Crippen molar-refractivity contribution in [1.82, 2.24) is 29.3 Å². The Morgan fingerprint density at radius 1 is 0.977 bits per heavy atom. The number of nitrogens with two attached hydrogens (primary N) is 1. The number of aromatic nitrogens is 6. The second-order valence-corrected chi connectivity index (χ2v) is 11.2. The fourth-order valence-corrected chi connectivity index (χ4v) is 4.75. The number of carbonyl (C=O) groups is 1. The second-order valence-electron chi connectivity index (χ2n) is 11.2. The molecule has 0 aliphatic heterocycles. The number of halogens is 1. The van der Waals surface area contributed by atoms with Gasteiger partial charge in [-0.3, -0.25) is 19.7 Å². The van der Waals surface area contributed by atoms with E-state index in [9.17, 15) is 14.0 Å². The Morgan fingerprint density at radius 3 is 2.58 bits per heavy atom. The summed E-state index contributed by atoms with van der Waals surface area (Å²) in [6.07, 6.45) is 3.24. The van der Waals surface area contributed by atoms with Crippen LogP contribution in [0.4, 0.5) is 26.6 Å². The summed E-state index contributed by atoms with van der Waals surface area (Å²) >= 11 is 0. The van der Waals surface area contributed by atoms with Gasteiger partial charge in [-0.05, 0) is 48.0 Å². The number of nitrogens with zero attached hydrogens (tertiary/aromatic N) is 6. The molecule has 0 unspecified atom stereocenters. The predicted octanol–water partition coefficient (Wildman–Crippen LogP) is 5.39. The number of carbonyl (C=O) groups excluding carboxylic acids is 1. The highest BCUT2D eigenvalue weighted by Crippen LogP contribution is 2.29. The highest BCUT2D eigenvalue weighted by molar-refractivity contribution is 6.00. The highest BCUT2D eigenvalue weighted by atomic mass is 19.1. The van der Waals surface area contributed by atoms with Gasteiger partial charge in [-0.2, -0.15) is 10.1 Å². The van der Waals surface area contributed by atoms with Crippen molar-refractivity contribution >= 4 is 45.4 Å². The maximum atomic E-state index is 14.9. The number of rotatable bonds is 4. The number of hydrogen-bond donors (Lipinski definition) is 3. The lowest BCUT2D eigenvalue weighted by Gasteiger charge is -2.14. The molecule has 43 heavy (non-hydrogen) atoms. The number of anilines is 3.